The number of hydrogen-bond acceptors (Lipinski definition) is 8. The predicted molar refractivity (Wildman–Crippen MR) is 125 cm³/mol. The second-order valence-electron chi connectivity index (χ2n) is 7.56. The van der Waals surface area contributed by atoms with Gasteiger partial charge in [0, 0.05) is 18.7 Å². The Bertz CT molecular complexity index is 1050. The van der Waals surface area contributed by atoms with Gasteiger partial charge in [0.05, 0.1) is 24.2 Å². The lowest BCUT2D eigenvalue weighted by Gasteiger charge is -2.20. The van der Waals surface area contributed by atoms with E-state index in [0.29, 0.717) is 54.9 Å². The number of anilines is 5. The molecule has 1 aromatic heterocycles. The monoisotopic (exact) mass is 433 g/mol. The van der Waals surface area contributed by atoms with Crippen molar-refractivity contribution in [2.75, 3.05) is 29.2 Å². The summed E-state index contributed by atoms with van der Waals surface area (Å²) < 4.78 is 5.73. The summed E-state index contributed by atoms with van der Waals surface area (Å²) in [7, 11) is 0. The maximum absolute atomic E-state index is 12.0. The number of aromatic nitrogens is 2. The van der Waals surface area contributed by atoms with Crippen molar-refractivity contribution < 1.29 is 9.53 Å². The number of nitrogens with one attached hydrogen (secondary N) is 2. The summed E-state index contributed by atoms with van der Waals surface area (Å²) in [5, 5.41) is 7.56. The van der Waals surface area contributed by atoms with E-state index in [1.165, 1.54) is 16.8 Å². The fourth-order valence-electron chi connectivity index (χ4n) is 3.38. The molecule has 166 valence electrons. The average Bonchev–Trinajstić information content (AvgIpc) is 2.81. The zero-order valence-electron chi connectivity index (χ0n) is 17.8. The maximum Gasteiger partial charge on any atom is 0.229 e. The molecule has 4 aliphatic rings. The minimum atomic E-state index is 0.0446. The molecule has 32 heavy (non-hydrogen) atoms. The van der Waals surface area contributed by atoms with Crippen LogP contribution in [0.25, 0.3) is 0 Å². The highest BCUT2D eigenvalue weighted by molar-refractivity contribution is 5.75. The molecule has 0 aliphatic carbocycles. The van der Waals surface area contributed by atoms with Crippen molar-refractivity contribution in [3.63, 3.8) is 0 Å². The number of carbonyl (C=O) groups excluding carboxylic acids is 1. The number of carbonyl (C=O) groups is 1. The first-order valence-electron chi connectivity index (χ1n) is 10.6. The zero-order chi connectivity index (χ0) is 22.3. The summed E-state index contributed by atoms with van der Waals surface area (Å²) >= 11 is 0. The van der Waals surface area contributed by atoms with Crippen LogP contribution in [0, 0.1) is 0 Å². The Kier molecular flexibility index (Phi) is 6.66. The molecular weight excluding hydrogens is 406 g/mol. The van der Waals surface area contributed by atoms with Gasteiger partial charge in [-0.3, -0.25) is 9.80 Å². The molecule has 9 nitrogen and oxygen atoms in total. The molecule has 0 atom stereocenters. The molecule has 0 saturated heterocycles. The topological polar surface area (TPSA) is 131 Å². The van der Waals surface area contributed by atoms with Crippen molar-refractivity contribution in [3.05, 3.63) is 60.3 Å². The molecule has 9 heteroatoms. The number of nitrogens with two attached hydrogens (primary N) is 2. The van der Waals surface area contributed by atoms with E-state index in [1.54, 1.807) is 0 Å². The van der Waals surface area contributed by atoms with Crippen LogP contribution in [0.15, 0.2) is 54.7 Å². The highest BCUT2D eigenvalue weighted by Crippen LogP contribution is 2.28. The van der Waals surface area contributed by atoms with E-state index in [9.17, 15) is 4.79 Å². The van der Waals surface area contributed by atoms with E-state index in [2.05, 4.69) is 20.6 Å². The largest absolute Gasteiger partial charge is 0.494 e. The predicted octanol–water partition coefficient (Wildman–Crippen LogP) is 3.04. The summed E-state index contributed by atoms with van der Waals surface area (Å²) in [5.41, 5.74) is 9.18. The number of rotatable bonds is 0. The second-order valence-corrected chi connectivity index (χ2v) is 7.56. The van der Waals surface area contributed by atoms with Gasteiger partial charge in [0.2, 0.25) is 11.9 Å². The first-order valence-corrected chi connectivity index (χ1v) is 10.6. The number of hydrogen-bond donors (Lipinski definition) is 4. The Balaban J connectivity index is 1.58. The lowest BCUT2D eigenvalue weighted by Crippen LogP contribution is -2.27. The number of amides is 1. The van der Waals surface area contributed by atoms with E-state index in [-0.39, 0.29) is 5.91 Å². The van der Waals surface area contributed by atoms with Crippen LogP contribution in [0.4, 0.5) is 28.8 Å². The number of benzene rings is 2. The SMILES string of the molecule is Nc1cnc2nc1N(N)c1ccc(cc1)OCCCC(=O)NCCCc1ccc(cc1)N2. The Morgan fingerprint density at radius 2 is 1.78 bits per heavy atom. The highest BCUT2D eigenvalue weighted by Gasteiger charge is 2.13. The van der Waals surface area contributed by atoms with Gasteiger partial charge in [-0.1, -0.05) is 12.1 Å². The molecule has 3 aromatic rings. The fourth-order valence-corrected chi connectivity index (χ4v) is 3.38. The first kappa shape index (κ1) is 21.4. The Morgan fingerprint density at radius 1 is 1.00 bits per heavy atom. The Labute approximate surface area is 186 Å². The van der Waals surface area contributed by atoms with Gasteiger partial charge in [-0.15, -0.1) is 0 Å². The molecule has 1 amide bonds. The molecule has 6 bridgehead atoms. The standard InChI is InChI=1S/C23H27N7O2/c24-20-15-27-23-28-17-7-5-16(6-8-17)3-1-13-26-21(31)4-2-14-32-19-11-9-18(10-12-19)30(25)22(20)29-23/h5-12,15H,1-4,13-14,24-25H2,(H,26,31)(H,27,28,29). The first-order chi connectivity index (χ1) is 15.6. The summed E-state index contributed by atoms with van der Waals surface area (Å²) in [5.74, 6) is 7.82. The van der Waals surface area contributed by atoms with E-state index >= 15 is 0 Å². The van der Waals surface area contributed by atoms with Crippen LogP contribution in [-0.2, 0) is 11.2 Å². The smallest absolute Gasteiger partial charge is 0.229 e. The Morgan fingerprint density at radius 3 is 2.56 bits per heavy atom. The third kappa shape index (κ3) is 5.44. The van der Waals surface area contributed by atoms with Crippen molar-refractivity contribution >= 4 is 34.7 Å². The molecular formula is C23H27N7O2. The van der Waals surface area contributed by atoms with Crippen molar-refractivity contribution in [2.45, 2.75) is 25.7 Å². The van der Waals surface area contributed by atoms with E-state index in [4.69, 9.17) is 16.3 Å². The summed E-state index contributed by atoms with van der Waals surface area (Å²) in [4.78, 5) is 20.8. The number of hydrazine groups is 1. The summed E-state index contributed by atoms with van der Waals surface area (Å²) in [6.07, 6.45) is 4.36. The molecule has 0 radical (unpaired) electrons. The minimum Gasteiger partial charge on any atom is -0.494 e. The van der Waals surface area contributed by atoms with Gasteiger partial charge in [-0.2, -0.15) is 4.98 Å². The minimum absolute atomic E-state index is 0.0446. The van der Waals surface area contributed by atoms with Gasteiger partial charge in [-0.25, -0.2) is 10.8 Å². The molecule has 6 N–H and O–H groups in total. The molecule has 0 saturated carbocycles. The van der Waals surface area contributed by atoms with Gasteiger partial charge >= 0.3 is 0 Å². The highest BCUT2D eigenvalue weighted by atomic mass is 16.5. The molecule has 4 aliphatic heterocycles. The molecule has 0 unspecified atom stereocenters. The number of ether oxygens (including phenoxy) is 1. The van der Waals surface area contributed by atoms with Crippen LogP contribution in [0.5, 0.6) is 5.75 Å². The molecule has 5 heterocycles. The average molecular weight is 434 g/mol. The van der Waals surface area contributed by atoms with E-state index in [0.717, 1.165) is 18.5 Å². The molecule has 2 aromatic carbocycles. The van der Waals surface area contributed by atoms with Gasteiger partial charge in [0.15, 0.2) is 5.82 Å². The maximum atomic E-state index is 12.0. The lowest BCUT2D eigenvalue weighted by atomic mass is 10.1. The fraction of sp³-hybridized carbons (Fsp3) is 0.261. The summed E-state index contributed by atoms with van der Waals surface area (Å²) in [6.45, 7) is 1.11. The van der Waals surface area contributed by atoms with Crippen molar-refractivity contribution in [3.8, 4) is 5.75 Å². The van der Waals surface area contributed by atoms with Gasteiger partial charge in [-0.05, 0) is 61.2 Å². The zero-order valence-corrected chi connectivity index (χ0v) is 17.8. The molecule has 0 fully saturated rings. The van der Waals surface area contributed by atoms with E-state index in [1.807, 2.05) is 48.5 Å². The Hall–Kier alpha value is -3.85. The normalized spacial score (nSPS) is 15.2. The number of nitrogens with zero attached hydrogens (tertiary/aromatic N) is 3. The van der Waals surface area contributed by atoms with Crippen molar-refractivity contribution in [2.24, 2.45) is 5.84 Å². The summed E-state index contributed by atoms with van der Waals surface area (Å²) in [6, 6.07) is 15.3. The van der Waals surface area contributed by atoms with Crippen LogP contribution < -0.4 is 32.0 Å². The van der Waals surface area contributed by atoms with Gasteiger partial charge in [0.25, 0.3) is 0 Å². The van der Waals surface area contributed by atoms with Crippen LogP contribution >= 0.6 is 0 Å². The third-order valence-corrected chi connectivity index (χ3v) is 5.13. The second kappa shape index (κ2) is 9.97. The van der Waals surface area contributed by atoms with Crippen molar-refractivity contribution in [1.82, 2.24) is 15.3 Å². The van der Waals surface area contributed by atoms with E-state index < -0.39 is 0 Å². The number of aryl methyl sites for hydroxylation is 1. The van der Waals surface area contributed by atoms with Gasteiger partial charge in [0.1, 0.15) is 5.75 Å². The lowest BCUT2D eigenvalue weighted by molar-refractivity contribution is -0.121. The van der Waals surface area contributed by atoms with Crippen LogP contribution in [-0.4, -0.2) is 29.0 Å². The molecule has 0 spiro atoms. The van der Waals surface area contributed by atoms with Crippen LogP contribution in [0.2, 0.25) is 0 Å². The molecule has 7 rings (SSSR count). The number of nitrogen functional groups attached to an aromatic ring is 1. The quantitative estimate of drug-likeness (QED) is 0.398. The third-order valence-electron chi connectivity index (χ3n) is 5.13. The van der Waals surface area contributed by atoms with Crippen molar-refractivity contribution in [1.29, 1.82) is 0 Å². The van der Waals surface area contributed by atoms with Crippen LogP contribution in [0.1, 0.15) is 24.8 Å². The van der Waals surface area contributed by atoms with Crippen LogP contribution in [0.3, 0.4) is 0 Å². The van der Waals surface area contributed by atoms with Gasteiger partial charge < -0.3 is 21.1 Å².